The smallest absolute Gasteiger partial charge is 0.248 e. The van der Waals surface area contributed by atoms with Crippen molar-refractivity contribution in [2.24, 2.45) is 0 Å². The maximum atomic E-state index is 11.1. The zero-order chi connectivity index (χ0) is 10.3. The van der Waals surface area contributed by atoms with Gasteiger partial charge >= 0.3 is 0 Å². The molecule has 0 aliphatic heterocycles. The largest absolute Gasteiger partial charge is 0.322 e. The van der Waals surface area contributed by atoms with Gasteiger partial charge in [0.25, 0.3) is 0 Å². The average Bonchev–Trinajstić information content (AvgIpc) is 2.26. The van der Waals surface area contributed by atoms with Gasteiger partial charge in [-0.1, -0.05) is 0 Å². The second kappa shape index (κ2) is 2.88. The number of benzene rings is 1. The first-order chi connectivity index (χ1) is 7.33. The van der Waals surface area contributed by atoms with Crippen molar-refractivity contribution in [2.75, 3.05) is 0 Å². The van der Waals surface area contributed by atoms with Gasteiger partial charge < -0.3 is 4.98 Å². The van der Waals surface area contributed by atoms with Crippen LogP contribution in [0.2, 0.25) is 0 Å². The van der Waals surface area contributed by atoms with Crippen molar-refractivity contribution < 1.29 is 0 Å². The summed E-state index contributed by atoms with van der Waals surface area (Å²) >= 11 is 0. The van der Waals surface area contributed by atoms with Crippen LogP contribution >= 0.6 is 0 Å². The maximum Gasteiger partial charge on any atom is 0.248 e. The first kappa shape index (κ1) is 8.11. The van der Waals surface area contributed by atoms with E-state index >= 15 is 0 Å². The second-order valence-electron chi connectivity index (χ2n) is 3.26. The van der Waals surface area contributed by atoms with Gasteiger partial charge in [0.15, 0.2) is 0 Å². The van der Waals surface area contributed by atoms with Crippen LogP contribution < -0.4 is 5.56 Å². The van der Waals surface area contributed by atoms with E-state index in [9.17, 15) is 4.79 Å². The normalized spacial score (nSPS) is 10.9. The van der Waals surface area contributed by atoms with Crippen LogP contribution in [-0.4, -0.2) is 15.0 Å². The molecule has 0 fully saturated rings. The molecule has 3 aromatic rings. The Morgan fingerprint density at radius 1 is 1.27 bits per heavy atom. The second-order valence-corrected chi connectivity index (χ2v) is 3.26. The topological polar surface area (TPSA) is 58.6 Å². The highest BCUT2D eigenvalue weighted by Gasteiger charge is 1.99. The Morgan fingerprint density at radius 3 is 3.13 bits per heavy atom. The first-order valence-corrected chi connectivity index (χ1v) is 4.48. The number of aromatic amines is 1. The van der Waals surface area contributed by atoms with Crippen molar-refractivity contribution in [1.82, 2.24) is 15.0 Å². The summed E-state index contributed by atoms with van der Waals surface area (Å²) in [5.41, 5.74) is 1.49. The summed E-state index contributed by atoms with van der Waals surface area (Å²) in [6, 6.07) is 7.00. The molecule has 0 bridgehead atoms. The van der Waals surface area contributed by atoms with E-state index in [-0.39, 0.29) is 5.56 Å². The van der Waals surface area contributed by atoms with Gasteiger partial charge in [-0.2, -0.15) is 0 Å². The molecule has 0 saturated heterocycles. The molecule has 71 valence electrons. The average molecular weight is 196 g/mol. The van der Waals surface area contributed by atoms with Gasteiger partial charge in [-0.3, -0.25) is 4.79 Å². The fraction of sp³-hybridized carbons (Fsp3) is 0. The van der Waals surface area contributed by atoms with Crippen molar-refractivity contribution in [3.63, 3.8) is 0 Å². The molecule has 0 aliphatic rings. The van der Waals surface area contributed by atoms with Crippen LogP contribution in [-0.2, 0) is 0 Å². The van der Waals surface area contributed by atoms with Gasteiger partial charge in [-0.05, 0) is 18.2 Å². The number of nitrogens with one attached hydrogen (secondary N) is 1. The highest BCUT2D eigenvalue weighted by atomic mass is 16.1. The van der Waals surface area contributed by atoms with Crippen LogP contribution in [0.4, 0.5) is 0 Å². The fourth-order valence-electron chi connectivity index (χ4n) is 1.58. The van der Waals surface area contributed by atoms with Gasteiger partial charge in [0, 0.05) is 22.4 Å². The minimum atomic E-state index is -0.112. The molecule has 2 aromatic heterocycles. The van der Waals surface area contributed by atoms with Crippen LogP contribution in [0.5, 0.6) is 0 Å². The zero-order valence-corrected chi connectivity index (χ0v) is 7.69. The van der Waals surface area contributed by atoms with Crippen molar-refractivity contribution in [3.8, 4) is 0 Å². The SMILES string of the molecule is O=c1ccc2cc3ncn[c]c3cc2[nH]1. The van der Waals surface area contributed by atoms with Crippen molar-refractivity contribution in [2.45, 2.75) is 0 Å². The van der Waals surface area contributed by atoms with E-state index < -0.39 is 0 Å². The highest BCUT2D eigenvalue weighted by molar-refractivity contribution is 5.93. The summed E-state index contributed by atoms with van der Waals surface area (Å²) in [4.78, 5) is 21.8. The van der Waals surface area contributed by atoms with E-state index in [1.807, 2.05) is 12.1 Å². The number of fused-ring (bicyclic) bond motifs is 2. The quantitative estimate of drug-likeness (QED) is 0.551. The van der Waals surface area contributed by atoms with Gasteiger partial charge in [0.2, 0.25) is 5.56 Å². The van der Waals surface area contributed by atoms with E-state index in [0.29, 0.717) is 0 Å². The zero-order valence-electron chi connectivity index (χ0n) is 7.69. The van der Waals surface area contributed by atoms with E-state index in [2.05, 4.69) is 21.1 Å². The van der Waals surface area contributed by atoms with Crippen molar-refractivity contribution in [1.29, 1.82) is 0 Å². The molecular formula is C11H6N3O. The van der Waals surface area contributed by atoms with Crippen LogP contribution in [0.3, 0.4) is 0 Å². The van der Waals surface area contributed by atoms with Crippen LogP contribution in [0.1, 0.15) is 0 Å². The number of hydrogen-bond donors (Lipinski definition) is 1. The predicted octanol–water partition coefficient (Wildman–Crippen LogP) is 1.27. The monoisotopic (exact) mass is 196 g/mol. The lowest BCUT2D eigenvalue weighted by Gasteiger charge is -1.99. The summed E-state index contributed by atoms with van der Waals surface area (Å²) in [6.07, 6.45) is 4.29. The van der Waals surface area contributed by atoms with Gasteiger partial charge in [0.1, 0.15) is 12.5 Å². The number of hydrogen-bond acceptors (Lipinski definition) is 3. The minimum absolute atomic E-state index is 0.112. The number of rotatable bonds is 0. The molecule has 4 nitrogen and oxygen atoms in total. The number of H-pyrrole nitrogens is 1. The molecule has 0 amide bonds. The molecule has 1 aromatic carbocycles. The molecule has 3 rings (SSSR count). The minimum Gasteiger partial charge on any atom is -0.322 e. The Labute approximate surface area is 84.6 Å². The van der Waals surface area contributed by atoms with E-state index in [4.69, 9.17) is 0 Å². The van der Waals surface area contributed by atoms with E-state index in [0.717, 1.165) is 21.8 Å². The molecule has 1 N–H and O–H groups in total. The molecule has 2 heterocycles. The number of nitrogens with zero attached hydrogens (tertiary/aromatic N) is 2. The number of aromatic nitrogens is 3. The highest BCUT2D eigenvalue weighted by Crippen LogP contribution is 2.16. The van der Waals surface area contributed by atoms with Gasteiger partial charge in [-0.15, -0.1) is 0 Å². The standard InChI is InChI=1S/C11H6N3O/c15-11-2-1-7-3-9-8(4-10(7)14-11)5-12-6-13-9/h1-4,6H,(H,14,15). The summed E-state index contributed by atoms with van der Waals surface area (Å²) in [5, 5.41) is 1.75. The molecule has 0 saturated carbocycles. The van der Waals surface area contributed by atoms with Crippen LogP contribution in [0, 0.1) is 6.20 Å². The molecule has 15 heavy (non-hydrogen) atoms. The third kappa shape index (κ3) is 1.27. The van der Waals surface area contributed by atoms with E-state index in [1.165, 1.54) is 12.4 Å². The van der Waals surface area contributed by atoms with Crippen LogP contribution in [0.25, 0.3) is 21.8 Å². The summed E-state index contributed by atoms with van der Waals surface area (Å²) in [6.45, 7) is 0. The lowest BCUT2D eigenvalue weighted by Crippen LogP contribution is -2.02. The third-order valence-corrected chi connectivity index (χ3v) is 2.28. The Kier molecular flexibility index (Phi) is 1.56. The van der Waals surface area contributed by atoms with Crippen molar-refractivity contribution >= 4 is 21.8 Å². The lowest BCUT2D eigenvalue weighted by atomic mass is 10.1. The Morgan fingerprint density at radius 2 is 2.20 bits per heavy atom. The molecule has 4 heteroatoms. The third-order valence-electron chi connectivity index (χ3n) is 2.28. The first-order valence-electron chi connectivity index (χ1n) is 4.48. The van der Waals surface area contributed by atoms with Gasteiger partial charge in [-0.25, -0.2) is 9.97 Å². The molecular weight excluding hydrogens is 190 g/mol. The van der Waals surface area contributed by atoms with Crippen LogP contribution in [0.15, 0.2) is 35.4 Å². The Bertz CT molecular complexity index is 703. The summed E-state index contributed by atoms with van der Waals surface area (Å²) in [7, 11) is 0. The fourth-order valence-corrected chi connectivity index (χ4v) is 1.58. The molecule has 0 spiro atoms. The Hall–Kier alpha value is -2.23. The molecule has 0 atom stereocenters. The predicted molar refractivity (Wildman–Crippen MR) is 56.5 cm³/mol. The van der Waals surface area contributed by atoms with Gasteiger partial charge in [0.05, 0.1) is 5.52 Å². The van der Waals surface area contributed by atoms with E-state index in [1.54, 1.807) is 6.07 Å². The van der Waals surface area contributed by atoms with Crippen molar-refractivity contribution in [3.05, 3.63) is 47.1 Å². The molecule has 0 aliphatic carbocycles. The summed E-state index contributed by atoms with van der Waals surface area (Å²) in [5.74, 6) is 0. The Balaban J connectivity index is 2.53. The lowest BCUT2D eigenvalue weighted by molar-refractivity contribution is 1.21. The number of pyridine rings is 1. The summed E-state index contributed by atoms with van der Waals surface area (Å²) < 4.78 is 0. The maximum absolute atomic E-state index is 11.1. The molecule has 0 unspecified atom stereocenters. The molecule has 1 radical (unpaired) electrons.